The topological polar surface area (TPSA) is 66.4 Å². The van der Waals surface area contributed by atoms with E-state index in [1.54, 1.807) is 6.92 Å². The molecule has 7 heteroatoms. The summed E-state index contributed by atoms with van der Waals surface area (Å²) in [7, 11) is -3.55. The van der Waals surface area contributed by atoms with Gasteiger partial charge in [0.2, 0.25) is 10.0 Å². The van der Waals surface area contributed by atoms with Gasteiger partial charge in [-0.05, 0) is 32.4 Å². The van der Waals surface area contributed by atoms with E-state index in [9.17, 15) is 13.5 Å². The van der Waals surface area contributed by atoms with Crippen molar-refractivity contribution in [2.75, 3.05) is 4.72 Å². The fourth-order valence-electron chi connectivity index (χ4n) is 1.05. The minimum Gasteiger partial charge on any atom is -0.504 e. The van der Waals surface area contributed by atoms with Crippen molar-refractivity contribution in [1.82, 2.24) is 0 Å². The first kappa shape index (κ1) is 14.4. The molecule has 0 spiro atoms. The monoisotopic (exact) mass is 297 g/mol. The number of rotatable bonds is 3. The standard InChI is InChI=1S/C10H13Cl2NO3S/c1-5(2)17(15,16)13-8-4-7(11)6(3)9(12)10(8)14/h4-5,13-14H,1-3H3. The average Bonchev–Trinajstić information content (AvgIpc) is 2.22. The first-order chi connectivity index (χ1) is 7.66. The maximum atomic E-state index is 11.7. The molecule has 0 aliphatic rings. The molecule has 0 unspecified atom stereocenters. The lowest BCUT2D eigenvalue weighted by molar-refractivity contribution is 0.477. The molecule has 0 saturated carbocycles. The van der Waals surface area contributed by atoms with Gasteiger partial charge in [0, 0.05) is 5.02 Å². The molecular weight excluding hydrogens is 285 g/mol. The molecule has 1 aromatic rings. The number of benzene rings is 1. The molecule has 1 aromatic carbocycles. The van der Waals surface area contributed by atoms with Crippen molar-refractivity contribution in [3.63, 3.8) is 0 Å². The van der Waals surface area contributed by atoms with Gasteiger partial charge in [0.05, 0.1) is 16.0 Å². The number of phenolic OH excluding ortho intramolecular Hbond substituents is 1. The van der Waals surface area contributed by atoms with Gasteiger partial charge in [-0.3, -0.25) is 4.72 Å². The van der Waals surface area contributed by atoms with E-state index >= 15 is 0 Å². The van der Waals surface area contributed by atoms with E-state index < -0.39 is 15.3 Å². The number of halogens is 2. The van der Waals surface area contributed by atoms with Crippen LogP contribution < -0.4 is 4.72 Å². The van der Waals surface area contributed by atoms with Gasteiger partial charge in [-0.1, -0.05) is 23.2 Å². The number of sulfonamides is 1. The highest BCUT2D eigenvalue weighted by Crippen LogP contribution is 2.39. The van der Waals surface area contributed by atoms with Crippen LogP contribution in [0.3, 0.4) is 0 Å². The van der Waals surface area contributed by atoms with Gasteiger partial charge in [0.25, 0.3) is 0 Å². The minimum absolute atomic E-state index is 0.0145. The minimum atomic E-state index is -3.55. The van der Waals surface area contributed by atoms with Gasteiger partial charge in [-0.15, -0.1) is 0 Å². The number of anilines is 1. The van der Waals surface area contributed by atoms with Crippen molar-refractivity contribution in [2.45, 2.75) is 26.0 Å². The fraction of sp³-hybridized carbons (Fsp3) is 0.400. The Hall–Kier alpha value is -0.650. The Bertz CT molecular complexity index is 541. The summed E-state index contributed by atoms with van der Waals surface area (Å²) in [5.41, 5.74) is 0.484. The van der Waals surface area contributed by atoms with E-state index in [1.807, 2.05) is 0 Å². The molecule has 17 heavy (non-hydrogen) atoms. The average molecular weight is 298 g/mol. The van der Waals surface area contributed by atoms with Gasteiger partial charge in [0.15, 0.2) is 5.75 Å². The van der Waals surface area contributed by atoms with E-state index in [-0.39, 0.29) is 21.5 Å². The molecule has 0 aliphatic heterocycles. The number of hydrogen-bond acceptors (Lipinski definition) is 3. The summed E-state index contributed by atoms with van der Waals surface area (Å²) >= 11 is 11.7. The third-order valence-electron chi connectivity index (χ3n) is 2.29. The number of hydrogen-bond donors (Lipinski definition) is 2. The fourth-order valence-corrected chi connectivity index (χ4v) is 2.21. The smallest absolute Gasteiger partial charge is 0.235 e. The van der Waals surface area contributed by atoms with E-state index in [0.29, 0.717) is 5.56 Å². The molecule has 0 fully saturated rings. The lowest BCUT2D eigenvalue weighted by Crippen LogP contribution is -2.22. The molecule has 2 N–H and O–H groups in total. The Morgan fingerprint density at radius 2 is 1.88 bits per heavy atom. The van der Waals surface area contributed by atoms with Crippen molar-refractivity contribution in [1.29, 1.82) is 0 Å². The number of phenols is 1. The first-order valence-corrected chi connectivity index (χ1v) is 7.16. The summed E-state index contributed by atoms with van der Waals surface area (Å²) < 4.78 is 25.6. The van der Waals surface area contributed by atoms with Gasteiger partial charge < -0.3 is 5.11 Å². The molecule has 0 aromatic heterocycles. The second-order valence-electron chi connectivity index (χ2n) is 3.89. The zero-order valence-corrected chi connectivity index (χ0v) is 11.9. The van der Waals surface area contributed by atoms with Crippen LogP contribution in [0.5, 0.6) is 5.75 Å². The van der Waals surface area contributed by atoms with E-state index in [1.165, 1.54) is 19.9 Å². The summed E-state index contributed by atoms with van der Waals surface area (Å²) in [4.78, 5) is 0. The van der Waals surface area contributed by atoms with Crippen LogP contribution in [0, 0.1) is 6.92 Å². The second kappa shape index (κ2) is 4.92. The van der Waals surface area contributed by atoms with E-state index in [0.717, 1.165) is 0 Å². The molecule has 0 atom stereocenters. The van der Waals surface area contributed by atoms with Crippen molar-refractivity contribution >= 4 is 38.9 Å². The molecule has 0 amide bonds. The summed E-state index contributed by atoms with van der Waals surface area (Å²) in [5, 5.41) is 9.43. The molecule has 0 saturated heterocycles. The van der Waals surface area contributed by atoms with Crippen LogP contribution in [0.4, 0.5) is 5.69 Å². The molecule has 1 rings (SSSR count). The Balaban J connectivity index is 3.27. The van der Waals surface area contributed by atoms with Crippen molar-refractivity contribution in [3.05, 3.63) is 21.7 Å². The Morgan fingerprint density at radius 3 is 2.35 bits per heavy atom. The van der Waals surface area contributed by atoms with E-state index in [4.69, 9.17) is 23.2 Å². The third kappa shape index (κ3) is 2.97. The predicted molar refractivity (Wildman–Crippen MR) is 70.5 cm³/mol. The normalized spacial score (nSPS) is 11.9. The van der Waals surface area contributed by atoms with Crippen LogP contribution >= 0.6 is 23.2 Å². The number of aromatic hydroxyl groups is 1. The zero-order chi connectivity index (χ0) is 13.4. The molecule has 0 bridgehead atoms. The summed E-state index contributed by atoms with van der Waals surface area (Å²) in [6, 6.07) is 1.33. The largest absolute Gasteiger partial charge is 0.504 e. The number of nitrogens with one attached hydrogen (secondary N) is 1. The molecule has 4 nitrogen and oxygen atoms in total. The van der Waals surface area contributed by atoms with Crippen LogP contribution in [-0.4, -0.2) is 18.8 Å². The van der Waals surface area contributed by atoms with Crippen molar-refractivity contribution in [2.24, 2.45) is 0 Å². The van der Waals surface area contributed by atoms with Gasteiger partial charge in [-0.25, -0.2) is 8.42 Å². The van der Waals surface area contributed by atoms with Gasteiger partial charge >= 0.3 is 0 Å². The molecule has 0 aliphatic carbocycles. The highest BCUT2D eigenvalue weighted by Gasteiger charge is 2.20. The lowest BCUT2D eigenvalue weighted by Gasteiger charge is -2.14. The van der Waals surface area contributed by atoms with Crippen molar-refractivity contribution < 1.29 is 13.5 Å². The maximum absolute atomic E-state index is 11.7. The van der Waals surface area contributed by atoms with Crippen LogP contribution in [0.1, 0.15) is 19.4 Å². The SMILES string of the molecule is Cc1c(Cl)cc(NS(=O)(=O)C(C)C)c(O)c1Cl. The maximum Gasteiger partial charge on any atom is 0.235 e. The molecule has 96 valence electrons. The van der Waals surface area contributed by atoms with Crippen LogP contribution in [0.25, 0.3) is 0 Å². The Morgan fingerprint density at radius 1 is 1.35 bits per heavy atom. The van der Waals surface area contributed by atoms with Crippen molar-refractivity contribution in [3.8, 4) is 5.75 Å². The zero-order valence-electron chi connectivity index (χ0n) is 9.58. The summed E-state index contributed by atoms with van der Waals surface area (Å²) in [5.74, 6) is -0.321. The van der Waals surface area contributed by atoms with Gasteiger partial charge in [0.1, 0.15) is 0 Å². The van der Waals surface area contributed by atoms with Gasteiger partial charge in [-0.2, -0.15) is 0 Å². The van der Waals surface area contributed by atoms with Crippen LogP contribution in [0.15, 0.2) is 6.07 Å². The highest BCUT2D eigenvalue weighted by atomic mass is 35.5. The Kier molecular flexibility index (Phi) is 4.17. The van der Waals surface area contributed by atoms with Crippen LogP contribution in [-0.2, 0) is 10.0 Å². The van der Waals surface area contributed by atoms with Crippen LogP contribution in [0.2, 0.25) is 10.0 Å². The third-order valence-corrected chi connectivity index (χ3v) is 4.90. The highest BCUT2D eigenvalue weighted by molar-refractivity contribution is 7.93. The molecule has 0 radical (unpaired) electrons. The quantitative estimate of drug-likeness (QED) is 0.842. The lowest BCUT2D eigenvalue weighted by atomic mass is 10.2. The molecular formula is C10H13Cl2NO3S. The summed E-state index contributed by atoms with van der Waals surface area (Å²) in [6.07, 6.45) is 0. The first-order valence-electron chi connectivity index (χ1n) is 4.86. The second-order valence-corrected chi connectivity index (χ2v) is 6.91. The Labute approximate surface area is 111 Å². The summed E-state index contributed by atoms with van der Waals surface area (Å²) in [6.45, 7) is 4.68. The molecule has 0 heterocycles. The predicted octanol–water partition coefficient (Wildman–Crippen LogP) is 3.16. The van der Waals surface area contributed by atoms with E-state index in [2.05, 4.69) is 4.72 Å².